The quantitative estimate of drug-likeness (QED) is 0.502. The van der Waals surface area contributed by atoms with Gasteiger partial charge in [-0.25, -0.2) is 0 Å². The Hall–Kier alpha value is -3.59. The van der Waals surface area contributed by atoms with Crippen LogP contribution < -0.4 is 20.1 Å². The van der Waals surface area contributed by atoms with Crippen LogP contribution >= 0.6 is 0 Å². The van der Waals surface area contributed by atoms with Gasteiger partial charge in [-0.15, -0.1) is 0 Å². The predicted octanol–water partition coefficient (Wildman–Crippen LogP) is 2.12. The van der Waals surface area contributed by atoms with Gasteiger partial charge in [0.2, 0.25) is 5.91 Å². The van der Waals surface area contributed by atoms with E-state index in [1.165, 1.54) is 7.11 Å². The van der Waals surface area contributed by atoms with E-state index >= 15 is 0 Å². The summed E-state index contributed by atoms with van der Waals surface area (Å²) in [6, 6.07) is 13.1. The molecule has 1 fully saturated rings. The number of nitrogens with zero attached hydrogens (tertiary/aromatic N) is 1. The second-order valence-corrected chi connectivity index (χ2v) is 8.33. The van der Waals surface area contributed by atoms with E-state index in [9.17, 15) is 14.4 Å². The average Bonchev–Trinajstić information content (AvgIpc) is 2.91. The SMILES string of the molecule is COCCNC(=O)[C@@H](NC(=O)c1cccc(OC)c1)C1CCN(C(=O)c2ccc(OC)cc2)CC1. The number of rotatable bonds is 10. The molecule has 2 aromatic carbocycles. The lowest BCUT2D eigenvalue weighted by Crippen LogP contribution is -2.54. The van der Waals surface area contributed by atoms with E-state index in [4.69, 9.17) is 14.2 Å². The lowest BCUT2D eigenvalue weighted by molar-refractivity contribution is -0.124. The zero-order valence-corrected chi connectivity index (χ0v) is 20.4. The van der Waals surface area contributed by atoms with Crippen molar-refractivity contribution in [3.8, 4) is 11.5 Å². The van der Waals surface area contributed by atoms with Crippen molar-refractivity contribution < 1.29 is 28.6 Å². The van der Waals surface area contributed by atoms with Crippen molar-refractivity contribution in [2.45, 2.75) is 18.9 Å². The molecule has 1 saturated heterocycles. The molecule has 1 aliphatic rings. The fourth-order valence-corrected chi connectivity index (χ4v) is 4.12. The molecule has 0 aliphatic carbocycles. The fraction of sp³-hybridized carbons (Fsp3) is 0.423. The van der Waals surface area contributed by atoms with Crippen LogP contribution in [0.1, 0.15) is 33.6 Å². The average molecular weight is 484 g/mol. The first-order valence-electron chi connectivity index (χ1n) is 11.6. The number of likely N-dealkylation sites (tertiary alicyclic amines) is 1. The molecular weight excluding hydrogens is 450 g/mol. The van der Waals surface area contributed by atoms with E-state index in [-0.39, 0.29) is 23.6 Å². The summed E-state index contributed by atoms with van der Waals surface area (Å²) in [6.07, 6.45) is 1.17. The Labute approximate surface area is 205 Å². The highest BCUT2D eigenvalue weighted by atomic mass is 16.5. The molecule has 0 aromatic heterocycles. The molecule has 1 aliphatic heterocycles. The summed E-state index contributed by atoms with van der Waals surface area (Å²) >= 11 is 0. The first kappa shape index (κ1) is 26.0. The Bertz CT molecular complexity index is 1000. The zero-order chi connectivity index (χ0) is 25.2. The molecule has 188 valence electrons. The van der Waals surface area contributed by atoms with E-state index in [0.29, 0.717) is 61.7 Å². The number of hydrogen-bond acceptors (Lipinski definition) is 6. The summed E-state index contributed by atoms with van der Waals surface area (Å²) in [6.45, 7) is 1.70. The van der Waals surface area contributed by atoms with Crippen LogP contribution in [0.3, 0.4) is 0 Å². The van der Waals surface area contributed by atoms with Crippen molar-refractivity contribution in [2.24, 2.45) is 5.92 Å². The van der Waals surface area contributed by atoms with Gasteiger partial charge in [-0.1, -0.05) is 6.07 Å². The summed E-state index contributed by atoms with van der Waals surface area (Å²) in [5.74, 6) is 0.448. The van der Waals surface area contributed by atoms with E-state index in [1.54, 1.807) is 67.7 Å². The maximum atomic E-state index is 13.0. The van der Waals surface area contributed by atoms with Gasteiger partial charge in [0.05, 0.1) is 20.8 Å². The molecule has 1 heterocycles. The standard InChI is InChI=1S/C26H33N3O6/c1-33-16-13-27-25(31)23(28-24(30)20-5-4-6-22(17-20)35-3)18-11-14-29(15-12-18)26(32)19-7-9-21(34-2)10-8-19/h4-10,17-18,23H,11-16H2,1-3H3,(H,27,31)(H,28,30)/t23-/m0/s1. The molecule has 9 nitrogen and oxygen atoms in total. The van der Waals surface area contributed by atoms with Gasteiger partial charge in [0, 0.05) is 37.9 Å². The summed E-state index contributed by atoms with van der Waals surface area (Å²) in [7, 11) is 4.67. The number of carbonyl (C=O) groups excluding carboxylic acids is 3. The van der Waals surface area contributed by atoms with Gasteiger partial charge in [-0.3, -0.25) is 14.4 Å². The number of piperidine rings is 1. The summed E-state index contributed by atoms with van der Waals surface area (Å²) in [5.41, 5.74) is 0.996. The Morgan fingerprint density at radius 1 is 0.943 bits per heavy atom. The van der Waals surface area contributed by atoms with E-state index in [0.717, 1.165) is 0 Å². The fourth-order valence-electron chi connectivity index (χ4n) is 4.12. The topological polar surface area (TPSA) is 106 Å². The number of methoxy groups -OCH3 is 3. The molecule has 3 rings (SSSR count). The van der Waals surface area contributed by atoms with Gasteiger partial charge < -0.3 is 29.7 Å². The largest absolute Gasteiger partial charge is 0.497 e. The highest BCUT2D eigenvalue weighted by Crippen LogP contribution is 2.24. The third-order valence-electron chi connectivity index (χ3n) is 6.14. The van der Waals surface area contributed by atoms with Crippen LogP contribution in [0.4, 0.5) is 0 Å². The van der Waals surface area contributed by atoms with Crippen LogP contribution in [0.25, 0.3) is 0 Å². The van der Waals surface area contributed by atoms with Gasteiger partial charge >= 0.3 is 0 Å². The Morgan fingerprint density at radius 3 is 2.26 bits per heavy atom. The lowest BCUT2D eigenvalue weighted by Gasteiger charge is -2.36. The highest BCUT2D eigenvalue weighted by Gasteiger charge is 2.34. The Balaban J connectivity index is 1.67. The van der Waals surface area contributed by atoms with Crippen molar-refractivity contribution in [3.63, 3.8) is 0 Å². The first-order chi connectivity index (χ1) is 17.0. The van der Waals surface area contributed by atoms with Gasteiger partial charge in [0.1, 0.15) is 17.5 Å². The smallest absolute Gasteiger partial charge is 0.253 e. The minimum absolute atomic E-state index is 0.0624. The van der Waals surface area contributed by atoms with Crippen molar-refractivity contribution in [3.05, 3.63) is 59.7 Å². The number of benzene rings is 2. The minimum Gasteiger partial charge on any atom is -0.497 e. The third kappa shape index (κ3) is 6.95. The molecule has 9 heteroatoms. The van der Waals surface area contributed by atoms with Gasteiger partial charge in [0.25, 0.3) is 11.8 Å². The molecule has 35 heavy (non-hydrogen) atoms. The Morgan fingerprint density at radius 2 is 1.63 bits per heavy atom. The van der Waals surface area contributed by atoms with Crippen LogP contribution in [0.5, 0.6) is 11.5 Å². The second kappa shape index (κ2) is 12.8. The first-order valence-corrected chi connectivity index (χ1v) is 11.6. The van der Waals surface area contributed by atoms with Crippen LogP contribution in [0.2, 0.25) is 0 Å². The molecule has 0 spiro atoms. The van der Waals surface area contributed by atoms with E-state index in [2.05, 4.69) is 10.6 Å². The molecule has 1 atom stereocenters. The van der Waals surface area contributed by atoms with Crippen molar-refractivity contribution >= 4 is 17.7 Å². The summed E-state index contributed by atoms with van der Waals surface area (Å²) in [5, 5.41) is 5.74. The van der Waals surface area contributed by atoms with Crippen molar-refractivity contribution in [1.82, 2.24) is 15.5 Å². The van der Waals surface area contributed by atoms with E-state index in [1.807, 2.05) is 0 Å². The number of ether oxygens (including phenoxy) is 3. The maximum absolute atomic E-state index is 13.0. The normalized spacial score (nSPS) is 14.7. The molecule has 3 amide bonds. The van der Waals surface area contributed by atoms with Gasteiger partial charge in [-0.05, 0) is 61.2 Å². The van der Waals surface area contributed by atoms with Crippen molar-refractivity contribution in [1.29, 1.82) is 0 Å². The predicted molar refractivity (Wildman–Crippen MR) is 131 cm³/mol. The molecule has 2 N–H and O–H groups in total. The Kier molecular flexibility index (Phi) is 9.48. The lowest BCUT2D eigenvalue weighted by atomic mass is 9.88. The number of nitrogens with one attached hydrogen (secondary N) is 2. The summed E-state index contributed by atoms with van der Waals surface area (Å²) in [4.78, 5) is 40.7. The van der Waals surface area contributed by atoms with Crippen LogP contribution in [0, 0.1) is 5.92 Å². The van der Waals surface area contributed by atoms with Crippen LogP contribution in [-0.4, -0.2) is 76.2 Å². The summed E-state index contributed by atoms with van der Waals surface area (Å²) < 4.78 is 15.4. The molecule has 0 saturated carbocycles. The van der Waals surface area contributed by atoms with Crippen LogP contribution in [0.15, 0.2) is 48.5 Å². The number of carbonyl (C=O) groups is 3. The molecule has 0 radical (unpaired) electrons. The molecule has 0 bridgehead atoms. The third-order valence-corrected chi connectivity index (χ3v) is 6.14. The molecule has 0 unspecified atom stereocenters. The minimum atomic E-state index is -0.733. The molecular formula is C26H33N3O6. The van der Waals surface area contributed by atoms with Gasteiger partial charge in [-0.2, -0.15) is 0 Å². The monoisotopic (exact) mass is 483 g/mol. The highest BCUT2D eigenvalue weighted by molar-refractivity contribution is 5.98. The van der Waals surface area contributed by atoms with E-state index < -0.39 is 6.04 Å². The number of hydrogen-bond donors (Lipinski definition) is 2. The zero-order valence-electron chi connectivity index (χ0n) is 20.4. The van der Waals surface area contributed by atoms with Gasteiger partial charge in [0.15, 0.2) is 0 Å². The number of amides is 3. The van der Waals surface area contributed by atoms with Crippen molar-refractivity contribution in [2.75, 3.05) is 47.6 Å². The second-order valence-electron chi connectivity index (χ2n) is 8.33. The maximum Gasteiger partial charge on any atom is 0.253 e. The molecule has 2 aromatic rings. The van der Waals surface area contributed by atoms with Crippen LogP contribution in [-0.2, 0) is 9.53 Å².